The number of halogens is 2. The minimum atomic E-state index is -4.13. The van der Waals surface area contributed by atoms with Crippen LogP contribution in [0, 0.1) is 5.82 Å². The molecule has 5 rings (SSSR count). The molecule has 12 heteroatoms. The van der Waals surface area contributed by atoms with Crippen LogP contribution in [-0.2, 0) is 19.6 Å². The van der Waals surface area contributed by atoms with E-state index in [1.54, 1.807) is 12.1 Å². The van der Waals surface area contributed by atoms with Gasteiger partial charge in [0.25, 0.3) is 15.9 Å². The molecule has 1 amide bonds. The lowest BCUT2D eigenvalue weighted by Crippen LogP contribution is -2.30. The molecule has 1 atom stereocenters. The van der Waals surface area contributed by atoms with Crippen molar-refractivity contribution in [2.45, 2.75) is 17.9 Å². The molecule has 0 aliphatic rings. The van der Waals surface area contributed by atoms with Crippen molar-refractivity contribution in [3.63, 3.8) is 0 Å². The number of methoxy groups -OCH3 is 1. The molecule has 5 aromatic rings. The zero-order chi connectivity index (χ0) is 29.3. The summed E-state index contributed by atoms with van der Waals surface area (Å²) in [5, 5.41) is 4.39. The first-order valence-corrected chi connectivity index (χ1v) is 14.0. The Morgan fingerprint density at radius 3 is 2.39 bits per heavy atom. The molecule has 1 unspecified atom stereocenters. The Balaban J connectivity index is 1.31. The lowest BCUT2D eigenvalue weighted by Gasteiger charge is -2.16. The van der Waals surface area contributed by atoms with Crippen LogP contribution in [0.25, 0.3) is 21.9 Å². The van der Waals surface area contributed by atoms with E-state index in [0.29, 0.717) is 22.6 Å². The van der Waals surface area contributed by atoms with E-state index in [1.807, 2.05) is 24.3 Å². The molecule has 0 fully saturated rings. The van der Waals surface area contributed by atoms with Gasteiger partial charge in [-0.05, 0) is 61.5 Å². The number of fused-ring (bicyclic) bond motifs is 3. The largest absolute Gasteiger partial charge is 0.495 e. The zero-order valence-corrected chi connectivity index (χ0v) is 23.2. The smallest absolute Gasteiger partial charge is 0.338 e. The number of ether oxygens (including phenoxy) is 2. The van der Waals surface area contributed by atoms with E-state index < -0.39 is 33.8 Å². The Morgan fingerprint density at radius 2 is 1.66 bits per heavy atom. The molecule has 0 spiro atoms. The molecule has 0 aliphatic heterocycles. The summed E-state index contributed by atoms with van der Waals surface area (Å²) in [5.41, 5.74) is 1.36. The fourth-order valence-electron chi connectivity index (χ4n) is 4.08. The first-order valence-electron chi connectivity index (χ1n) is 12.1. The molecule has 2 N–H and O–H groups in total. The van der Waals surface area contributed by atoms with Crippen molar-refractivity contribution in [1.82, 2.24) is 0 Å². The van der Waals surface area contributed by atoms with Crippen LogP contribution in [0.3, 0.4) is 0 Å². The SMILES string of the molecule is COc1cc2c(cc1NC(=O)C(C)OC(=O)c1ccc(Cl)c(NS(=O)(=O)c3ccc(F)cc3)c1)oc1ccccc12. The summed E-state index contributed by atoms with van der Waals surface area (Å²) >= 11 is 6.14. The summed E-state index contributed by atoms with van der Waals surface area (Å²) in [4.78, 5) is 25.6. The van der Waals surface area contributed by atoms with Crippen molar-refractivity contribution in [3.8, 4) is 5.75 Å². The topological polar surface area (TPSA) is 124 Å². The number of hydrogen-bond donors (Lipinski definition) is 2. The van der Waals surface area contributed by atoms with E-state index in [0.717, 1.165) is 35.0 Å². The summed E-state index contributed by atoms with van der Waals surface area (Å²) in [6.07, 6.45) is -1.24. The van der Waals surface area contributed by atoms with E-state index in [9.17, 15) is 22.4 Å². The van der Waals surface area contributed by atoms with Crippen LogP contribution in [0.4, 0.5) is 15.8 Å². The van der Waals surface area contributed by atoms with Crippen molar-refractivity contribution in [2.75, 3.05) is 17.1 Å². The maximum atomic E-state index is 13.2. The number of carbonyl (C=O) groups is 2. The van der Waals surface area contributed by atoms with E-state index in [4.69, 9.17) is 25.5 Å². The molecular weight excluding hydrogens is 575 g/mol. The Labute approximate surface area is 238 Å². The zero-order valence-electron chi connectivity index (χ0n) is 21.6. The monoisotopic (exact) mass is 596 g/mol. The highest BCUT2D eigenvalue weighted by molar-refractivity contribution is 7.92. The van der Waals surface area contributed by atoms with Crippen molar-refractivity contribution >= 4 is 66.8 Å². The van der Waals surface area contributed by atoms with Gasteiger partial charge in [0.1, 0.15) is 22.7 Å². The molecule has 0 aliphatic carbocycles. The van der Waals surface area contributed by atoms with Crippen molar-refractivity contribution in [3.05, 3.63) is 95.3 Å². The van der Waals surface area contributed by atoms with E-state index in [2.05, 4.69) is 10.0 Å². The van der Waals surface area contributed by atoms with Crippen LogP contribution in [0.5, 0.6) is 5.75 Å². The maximum Gasteiger partial charge on any atom is 0.338 e. The van der Waals surface area contributed by atoms with E-state index >= 15 is 0 Å². The van der Waals surface area contributed by atoms with Gasteiger partial charge in [0.15, 0.2) is 6.10 Å². The first-order chi connectivity index (χ1) is 19.6. The molecule has 1 aromatic heterocycles. The third-order valence-electron chi connectivity index (χ3n) is 6.18. The van der Waals surface area contributed by atoms with Gasteiger partial charge < -0.3 is 19.2 Å². The van der Waals surface area contributed by atoms with Crippen molar-refractivity contribution in [2.24, 2.45) is 0 Å². The molecular formula is C29H22ClFN2O7S. The van der Waals surface area contributed by atoms with Crippen LogP contribution in [0.2, 0.25) is 5.02 Å². The molecule has 0 radical (unpaired) electrons. The van der Waals surface area contributed by atoms with Crippen LogP contribution in [0.1, 0.15) is 17.3 Å². The molecule has 210 valence electrons. The minimum Gasteiger partial charge on any atom is -0.495 e. The highest BCUT2D eigenvalue weighted by Crippen LogP contribution is 2.36. The Kier molecular flexibility index (Phi) is 7.57. The van der Waals surface area contributed by atoms with Gasteiger partial charge in [-0.3, -0.25) is 9.52 Å². The molecule has 9 nitrogen and oxygen atoms in total. The number of benzene rings is 4. The second-order valence-corrected chi connectivity index (χ2v) is 11.0. The second-order valence-electron chi connectivity index (χ2n) is 8.94. The van der Waals surface area contributed by atoms with Crippen LogP contribution in [-0.4, -0.2) is 33.5 Å². The summed E-state index contributed by atoms with van der Waals surface area (Å²) in [6, 6.07) is 18.8. The number of carbonyl (C=O) groups excluding carboxylic acids is 2. The molecule has 41 heavy (non-hydrogen) atoms. The number of furan rings is 1. The third-order valence-corrected chi connectivity index (χ3v) is 7.89. The van der Waals surface area contributed by atoms with Gasteiger partial charge in [0.05, 0.1) is 34.0 Å². The van der Waals surface area contributed by atoms with Gasteiger partial charge in [0, 0.05) is 16.8 Å². The number of sulfonamides is 1. The number of amides is 1. The lowest BCUT2D eigenvalue weighted by atomic mass is 10.1. The predicted molar refractivity (Wildman–Crippen MR) is 152 cm³/mol. The Hall–Kier alpha value is -4.61. The molecule has 0 saturated heterocycles. The number of anilines is 2. The van der Waals surface area contributed by atoms with Gasteiger partial charge in [-0.1, -0.05) is 29.8 Å². The number of rotatable bonds is 8. The van der Waals surface area contributed by atoms with Gasteiger partial charge in [-0.15, -0.1) is 0 Å². The fraction of sp³-hybridized carbons (Fsp3) is 0.103. The van der Waals surface area contributed by atoms with Crippen molar-refractivity contribution in [1.29, 1.82) is 0 Å². The highest BCUT2D eigenvalue weighted by atomic mass is 35.5. The van der Waals surface area contributed by atoms with Crippen LogP contribution < -0.4 is 14.8 Å². The second kappa shape index (κ2) is 11.1. The Morgan fingerprint density at radius 1 is 0.927 bits per heavy atom. The van der Waals surface area contributed by atoms with Crippen LogP contribution >= 0.6 is 11.6 Å². The average Bonchev–Trinajstić information content (AvgIpc) is 3.31. The maximum absolute atomic E-state index is 13.2. The fourth-order valence-corrected chi connectivity index (χ4v) is 5.37. The third kappa shape index (κ3) is 5.81. The summed E-state index contributed by atoms with van der Waals surface area (Å²) < 4.78 is 57.5. The number of para-hydroxylation sites is 1. The lowest BCUT2D eigenvalue weighted by molar-refractivity contribution is -0.123. The van der Waals surface area contributed by atoms with E-state index in [1.165, 1.54) is 32.2 Å². The van der Waals surface area contributed by atoms with Crippen molar-refractivity contribution < 1.29 is 36.3 Å². The van der Waals surface area contributed by atoms with Gasteiger partial charge in [0.2, 0.25) is 0 Å². The van der Waals surface area contributed by atoms with Crippen LogP contribution in [0.15, 0.2) is 88.2 Å². The quantitative estimate of drug-likeness (QED) is 0.199. The molecule has 4 aromatic carbocycles. The molecule has 0 bridgehead atoms. The number of nitrogens with one attached hydrogen (secondary N) is 2. The summed E-state index contributed by atoms with van der Waals surface area (Å²) in [6.45, 7) is 1.38. The summed E-state index contributed by atoms with van der Waals surface area (Å²) in [7, 11) is -2.67. The highest BCUT2D eigenvalue weighted by Gasteiger charge is 2.23. The number of esters is 1. The normalized spacial score (nSPS) is 12.2. The van der Waals surface area contributed by atoms with Gasteiger partial charge in [-0.25, -0.2) is 17.6 Å². The number of hydrogen-bond acceptors (Lipinski definition) is 7. The van der Waals surface area contributed by atoms with Gasteiger partial charge >= 0.3 is 5.97 Å². The van der Waals surface area contributed by atoms with E-state index in [-0.39, 0.29) is 21.2 Å². The Bertz CT molecular complexity index is 1910. The summed E-state index contributed by atoms with van der Waals surface area (Å²) in [5.74, 6) is -1.75. The van der Waals surface area contributed by atoms with Gasteiger partial charge in [-0.2, -0.15) is 0 Å². The molecule has 1 heterocycles. The predicted octanol–water partition coefficient (Wildman–Crippen LogP) is 6.37. The minimum absolute atomic E-state index is 0.00565. The first kappa shape index (κ1) is 27.9. The standard InChI is InChI=1S/C29H22ClFN2O7S/c1-16(28(34)32-24-15-26-21(14-27(24)38-2)20-5-3-4-6-25(20)40-26)39-29(35)17-7-12-22(30)23(13-17)33-41(36,37)19-10-8-18(31)9-11-19/h3-16,33H,1-2H3,(H,32,34). The average molecular weight is 597 g/mol. The molecule has 0 saturated carbocycles.